The van der Waals surface area contributed by atoms with E-state index in [1.54, 1.807) is 48.1 Å². The van der Waals surface area contributed by atoms with Crippen molar-refractivity contribution >= 4 is 62.0 Å². The summed E-state index contributed by atoms with van der Waals surface area (Å²) >= 11 is 9.31. The monoisotopic (exact) mass is 769 g/mol. The maximum atomic E-state index is 12.7. The number of fused-ring (bicyclic) bond motifs is 1. The molecule has 1 heterocycles. The minimum Gasteiger partial charge on any atom is -0.497 e. The highest BCUT2D eigenvalue weighted by atomic mass is 79.9. The predicted molar refractivity (Wildman–Crippen MR) is 199 cm³/mol. The highest BCUT2D eigenvalue weighted by Gasteiger charge is 2.23. The van der Waals surface area contributed by atoms with Gasteiger partial charge in [0.2, 0.25) is 0 Å². The van der Waals surface area contributed by atoms with E-state index in [-0.39, 0.29) is 12.5 Å². The van der Waals surface area contributed by atoms with Gasteiger partial charge in [0, 0.05) is 45.6 Å². The average molecular weight is 771 g/mol. The zero-order valence-electron chi connectivity index (χ0n) is 28.9. The second-order valence-electron chi connectivity index (χ2n) is 12.3. The lowest BCUT2D eigenvalue weighted by Gasteiger charge is -2.34. The molecular weight excluding hydrogens is 726 g/mol. The summed E-state index contributed by atoms with van der Waals surface area (Å²) in [5.74, 6) is -0.388. The van der Waals surface area contributed by atoms with Gasteiger partial charge in [0.15, 0.2) is 6.10 Å². The largest absolute Gasteiger partial charge is 0.497 e. The SMILES string of the molecule is CCN(Cc1cc(C(=O)OCC(CO)OC(C)=O)cc(Br)c1N)C1CCCCC1.COc1ccc2c(c1)cc(C)n2C(=O)c1ccc(Cl)cc1. The average Bonchev–Trinajstić information content (AvgIpc) is 3.45. The van der Waals surface area contributed by atoms with Gasteiger partial charge in [0.1, 0.15) is 12.4 Å². The summed E-state index contributed by atoms with van der Waals surface area (Å²) in [6.07, 6.45) is 5.30. The van der Waals surface area contributed by atoms with Crippen LogP contribution in [0.15, 0.2) is 65.1 Å². The van der Waals surface area contributed by atoms with Crippen molar-refractivity contribution in [3.05, 3.63) is 92.5 Å². The molecule has 0 spiro atoms. The van der Waals surface area contributed by atoms with Gasteiger partial charge in [0.25, 0.3) is 5.91 Å². The van der Waals surface area contributed by atoms with Crippen LogP contribution in [0.2, 0.25) is 5.02 Å². The molecule has 1 atom stereocenters. The number of benzene rings is 3. The normalized spacial score (nSPS) is 13.8. The molecule has 1 aliphatic carbocycles. The maximum absolute atomic E-state index is 12.7. The number of halogens is 2. The van der Waals surface area contributed by atoms with Crippen LogP contribution in [0.3, 0.4) is 0 Å². The zero-order chi connectivity index (χ0) is 36.4. The Bertz CT molecular complexity index is 1790. The molecule has 3 aromatic carbocycles. The number of aryl methyl sites for hydroxylation is 1. The molecule has 4 aromatic rings. The van der Waals surface area contributed by atoms with Crippen LogP contribution in [-0.2, 0) is 20.8 Å². The number of nitrogens with two attached hydrogens (primary N) is 1. The quantitative estimate of drug-likeness (QED) is 0.117. The van der Waals surface area contributed by atoms with E-state index in [4.69, 9.17) is 31.5 Å². The Morgan fingerprint density at radius 3 is 2.36 bits per heavy atom. The molecule has 0 radical (unpaired) electrons. The summed E-state index contributed by atoms with van der Waals surface area (Å²) in [6, 6.07) is 18.5. The van der Waals surface area contributed by atoms with Gasteiger partial charge < -0.3 is 25.1 Å². The van der Waals surface area contributed by atoms with E-state index in [9.17, 15) is 19.5 Å². The predicted octanol–water partition coefficient (Wildman–Crippen LogP) is 7.57. The van der Waals surface area contributed by atoms with Crippen LogP contribution in [0, 0.1) is 6.92 Å². The van der Waals surface area contributed by atoms with Crippen LogP contribution in [0.5, 0.6) is 5.75 Å². The summed E-state index contributed by atoms with van der Waals surface area (Å²) in [5, 5.41) is 10.8. The van der Waals surface area contributed by atoms with Gasteiger partial charge in [0.05, 0.1) is 30.5 Å². The topological polar surface area (TPSA) is 133 Å². The number of anilines is 1. The maximum Gasteiger partial charge on any atom is 0.338 e. The van der Waals surface area contributed by atoms with Crippen molar-refractivity contribution in [3.63, 3.8) is 0 Å². The number of carbonyl (C=O) groups is 3. The molecule has 1 unspecified atom stereocenters. The lowest BCUT2D eigenvalue weighted by Crippen LogP contribution is -2.36. The van der Waals surface area contributed by atoms with Gasteiger partial charge in [-0.3, -0.25) is 19.1 Å². The molecule has 50 heavy (non-hydrogen) atoms. The fourth-order valence-electron chi connectivity index (χ4n) is 6.15. The standard InChI is InChI=1S/C21H31BrN2O5.C17H14ClNO2/c1-3-24(17-7-5-4-6-8-17)11-16-9-15(10-19(22)20(16)23)21(27)28-13-18(12-25)29-14(2)26;1-11-9-13-10-15(21-2)7-8-16(13)19(11)17(20)12-3-5-14(18)6-4-12/h9-10,17-18,25H,3-8,11-13,23H2,1-2H3;3-10H,1-2H3. The van der Waals surface area contributed by atoms with Gasteiger partial charge in [-0.25, -0.2) is 4.79 Å². The molecule has 0 bridgehead atoms. The molecule has 0 amide bonds. The van der Waals surface area contributed by atoms with Gasteiger partial charge in [-0.05, 0) is 108 Å². The molecule has 3 N–H and O–H groups in total. The number of carbonyl (C=O) groups excluding carboxylic acids is 3. The van der Waals surface area contributed by atoms with E-state index in [1.807, 2.05) is 31.2 Å². The molecular formula is C38H45BrClN3O7. The number of esters is 2. The van der Waals surface area contributed by atoms with Crippen molar-refractivity contribution < 1.29 is 33.7 Å². The Balaban J connectivity index is 0.000000235. The molecule has 1 saturated carbocycles. The smallest absolute Gasteiger partial charge is 0.338 e. The summed E-state index contributed by atoms with van der Waals surface area (Å²) in [4.78, 5) is 38.6. The van der Waals surface area contributed by atoms with Crippen LogP contribution in [-0.4, -0.2) is 71.4 Å². The third-order valence-corrected chi connectivity index (χ3v) is 9.65. The van der Waals surface area contributed by atoms with E-state index < -0.39 is 24.6 Å². The van der Waals surface area contributed by atoms with Crippen molar-refractivity contribution in [3.8, 4) is 5.75 Å². The number of ether oxygens (including phenoxy) is 3. The Morgan fingerprint density at radius 1 is 1.04 bits per heavy atom. The van der Waals surface area contributed by atoms with Gasteiger partial charge in [-0.2, -0.15) is 0 Å². The number of rotatable bonds is 11. The number of nitrogens with zero attached hydrogens (tertiary/aromatic N) is 2. The Morgan fingerprint density at radius 2 is 1.74 bits per heavy atom. The van der Waals surface area contributed by atoms with Crippen LogP contribution < -0.4 is 10.5 Å². The number of nitrogen functional groups attached to an aromatic ring is 1. The van der Waals surface area contributed by atoms with Crippen molar-refractivity contribution in [1.82, 2.24) is 9.47 Å². The zero-order valence-corrected chi connectivity index (χ0v) is 31.3. The first-order valence-electron chi connectivity index (χ1n) is 16.7. The van der Waals surface area contributed by atoms with Crippen molar-refractivity contribution in [2.24, 2.45) is 0 Å². The lowest BCUT2D eigenvalue weighted by atomic mass is 9.93. The first kappa shape index (κ1) is 38.9. The number of hydrogen-bond donors (Lipinski definition) is 2. The van der Waals surface area contributed by atoms with Crippen LogP contribution >= 0.6 is 27.5 Å². The second kappa shape index (κ2) is 18.4. The van der Waals surface area contributed by atoms with Crippen LogP contribution in [0.25, 0.3) is 10.9 Å². The van der Waals surface area contributed by atoms with Crippen molar-refractivity contribution in [2.75, 3.05) is 32.6 Å². The molecule has 12 heteroatoms. The van der Waals surface area contributed by atoms with Crippen LogP contribution in [0.4, 0.5) is 5.69 Å². The fourth-order valence-corrected chi connectivity index (χ4v) is 6.78. The summed E-state index contributed by atoms with van der Waals surface area (Å²) in [6.45, 7) is 6.24. The number of aliphatic hydroxyl groups excluding tert-OH is 1. The summed E-state index contributed by atoms with van der Waals surface area (Å²) < 4.78 is 17.7. The molecule has 268 valence electrons. The fraction of sp³-hybridized carbons (Fsp3) is 0.395. The molecule has 5 rings (SSSR count). The minimum absolute atomic E-state index is 0.0654. The third-order valence-electron chi connectivity index (χ3n) is 8.75. The lowest BCUT2D eigenvalue weighted by molar-refractivity contribution is -0.150. The van der Waals surface area contributed by atoms with E-state index in [0.717, 1.165) is 34.5 Å². The molecule has 1 aliphatic rings. The second-order valence-corrected chi connectivity index (χ2v) is 13.5. The molecule has 10 nitrogen and oxygen atoms in total. The van der Waals surface area contributed by atoms with E-state index >= 15 is 0 Å². The minimum atomic E-state index is -0.880. The summed E-state index contributed by atoms with van der Waals surface area (Å²) in [7, 11) is 1.63. The number of aromatic nitrogens is 1. The van der Waals surface area contributed by atoms with Gasteiger partial charge >= 0.3 is 11.9 Å². The van der Waals surface area contributed by atoms with Gasteiger partial charge in [-0.15, -0.1) is 0 Å². The van der Waals surface area contributed by atoms with Crippen LogP contribution in [0.1, 0.15) is 77.9 Å². The number of hydrogen-bond acceptors (Lipinski definition) is 9. The highest BCUT2D eigenvalue weighted by molar-refractivity contribution is 9.10. The highest BCUT2D eigenvalue weighted by Crippen LogP contribution is 2.30. The van der Waals surface area contributed by atoms with Crippen molar-refractivity contribution in [1.29, 1.82) is 0 Å². The Kier molecular flexibility index (Phi) is 14.3. The molecule has 0 aliphatic heterocycles. The molecule has 0 saturated heterocycles. The number of aliphatic hydroxyl groups is 1. The van der Waals surface area contributed by atoms with Gasteiger partial charge in [-0.1, -0.05) is 37.8 Å². The third kappa shape index (κ3) is 10.1. The number of methoxy groups -OCH3 is 1. The first-order valence-corrected chi connectivity index (χ1v) is 17.9. The van der Waals surface area contributed by atoms with E-state index in [2.05, 4.69) is 27.8 Å². The summed E-state index contributed by atoms with van der Waals surface area (Å²) in [5.41, 5.74) is 10.5. The Hall–Kier alpha value is -3.90. The molecule has 1 fully saturated rings. The van der Waals surface area contributed by atoms with Crippen molar-refractivity contribution in [2.45, 2.75) is 71.6 Å². The van der Waals surface area contributed by atoms with E-state index in [0.29, 0.717) is 38.9 Å². The molecule has 1 aromatic heterocycles. The Labute approximate surface area is 306 Å². The van der Waals surface area contributed by atoms with E-state index in [1.165, 1.54) is 39.0 Å². The first-order chi connectivity index (χ1) is 23.9.